The van der Waals surface area contributed by atoms with E-state index in [9.17, 15) is 9.90 Å². The molecule has 6 heteroatoms. The van der Waals surface area contributed by atoms with Crippen LogP contribution >= 0.6 is 11.3 Å². The molecule has 112 valence electrons. The largest absolute Gasteiger partial charge is 0.493 e. The average molecular weight is 307 g/mol. The van der Waals surface area contributed by atoms with E-state index in [0.29, 0.717) is 22.6 Å². The van der Waals surface area contributed by atoms with Crippen molar-refractivity contribution in [3.8, 4) is 11.5 Å². The lowest BCUT2D eigenvalue weighted by Gasteiger charge is -2.14. The van der Waals surface area contributed by atoms with E-state index in [1.165, 1.54) is 18.4 Å². The normalized spacial score (nSPS) is 11.8. The molecule has 21 heavy (non-hydrogen) atoms. The van der Waals surface area contributed by atoms with Crippen molar-refractivity contribution < 1.29 is 19.4 Å². The molecule has 0 aliphatic carbocycles. The standard InChI is InChI=1S/C15H17NO4S/c1-19-13-4-3-10(7-14(13)20-2)12(17)8-16-15(18)11-5-6-21-9-11/h3-7,9,12,17H,8H2,1-2H3,(H,16,18). The molecule has 2 aromatic rings. The fraction of sp³-hybridized carbons (Fsp3) is 0.267. The first-order chi connectivity index (χ1) is 10.2. The van der Waals surface area contributed by atoms with Crippen LogP contribution in [0.1, 0.15) is 22.0 Å². The molecule has 1 heterocycles. The molecule has 0 fully saturated rings. The molecule has 1 aromatic carbocycles. The third-order valence-electron chi connectivity index (χ3n) is 3.03. The number of rotatable bonds is 6. The minimum Gasteiger partial charge on any atom is -0.493 e. The molecule has 1 atom stereocenters. The molecule has 0 saturated carbocycles. The van der Waals surface area contributed by atoms with E-state index in [2.05, 4.69) is 5.32 Å². The van der Waals surface area contributed by atoms with E-state index < -0.39 is 6.10 Å². The number of carbonyl (C=O) groups is 1. The van der Waals surface area contributed by atoms with Gasteiger partial charge in [-0.25, -0.2) is 0 Å². The molecule has 2 N–H and O–H groups in total. The van der Waals surface area contributed by atoms with Gasteiger partial charge in [-0.15, -0.1) is 0 Å². The minimum atomic E-state index is -0.813. The van der Waals surface area contributed by atoms with Crippen molar-refractivity contribution in [2.75, 3.05) is 20.8 Å². The van der Waals surface area contributed by atoms with Crippen LogP contribution < -0.4 is 14.8 Å². The number of hydrogen-bond donors (Lipinski definition) is 2. The molecule has 0 aliphatic rings. The van der Waals surface area contributed by atoms with Gasteiger partial charge in [0, 0.05) is 17.5 Å². The van der Waals surface area contributed by atoms with Gasteiger partial charge in [0.1, 0.15) is 0 Å². The Morgan fingerprint density at radius 3 is 2.67 bits per heavy atom. The molecule has 2 rings (SSSR count). The third-order valence-corrected chi connectivity index (χ3v) is 3.71. The van der Waals surface area contributed by atoms with Crippen LogP contribution in [0.15, 0.2) is 35.0 Å². The van der Waals surface area contributed by atoms with Crippen LogP contribution in [0.25, 0.3) is 0 Å². The van der Waals surface area contributed by atoms with Crippen molar-refractivity contribution in [2.24, 2.45) is 0 Å². The number of amides is 1. The Morgan fingerprint density at radius 1 is 1.29 bits per heavy atom. The Kier molecular flexibility index (Phi) is 5.19. The number of nitrogens with one attached hydrogen (secondary N) is 1. The molecule has 5 nitrogen and oxygen atoms in total. The number of carbonyl (C=O) groups excluding carboxylic acids is 1. The molecule has 0 aliphatic heterocycles. The van der Waals surface area contributed by atoms with Crippen LogP contribution in [0, 0.1) is 0 Å². The first-order valence-corrected chi connectivity index (χ1v) is 7.30. The lowest BCUT2D eigenvalue weighted by atomic mass is 10.1. The highest BCUT2D eigenvalue weighted by Crippen LogP contribution is 2.29. The summed E-state index contributed by atoms with van der Waals surface area (Å²) in [5.74, 6) is 0.935. The number of benzene rings is 1. The second kappa shape index (κ2) is 7.10. The van der Waals surface area contributed by atoms with Crippen LogP contribution in [0.3, 0.4) is 0 Å². The van der Waals surface area contributed by atoms with Gasteiger partial charge in [0.25, 0.3) is 5.91 Å². The fourth-order valence-corrected chi connectivity index (χ4v) is 2.50. The molecule has 0 bridgehead atoms. The molecule has 0 radical (unpaired) electrons. The van der Waals surface area contributed by atoms with Gasteiger partial charge in [0.2, 0.25) is 0 Å². The molecule has 0 spiro atoms. The fourth-order valence-electron chi connectivity index (χ4n) is 1.86. The lowest BCUT2D eigenvalue weighted by Crippen LogP contribution is -2.28. The summed E-state index contributed by atoms with van der Waals surface area (Å²) in [6, 6.07) is 6.89. The van der Waals surface area contributed by atoms with Crippen LogP contribution in [0.5, 0.6) is 11.5 Å². The smallest absolute Gasteiger partial charge is 0.252 e. The average Bonchev–Trinajstić information content (AvgIpc) is 3.06. The summed E-state index contributed by atoms with van der Waals surface area (Å²) >= 11 is 1.45. The highest BCUT2D eigenvalue weighted by Gasteiger charge is 2.13. The molecule has 1 aromatic heterocycles. The zero-order chi connectivity index (χ0) is 15.2. The monoisotopic (exact) mass is 307 g/mol. The maximum absolute atomic E-state index is 11.8. The number of ether oxygens (including phenoxy) is 2. The summed E-state index contributed by atoms with van der Waals surface area (Å²) in [5.41, 5.74) is 1.25. The zero-order valence-electron chi connectivity index (χ0n) is 11.8. The van der Waals surface area contributed by atoms with E-state index in [-0.39, 0.29) is 12.5 Å². The van der Waals surface area contributed by atoms with Crippen molar-refractivity contribution in [3.05, 3.63) is 46.2 Å². The summed E-state index contributed by atoms with van der Waals surface area (Å²) in [6.07, 6.45) is -0.813. The van der Waals surface area contributed by atoms with E-state index >= 15 is 0 Å². The summed E-state index contributed by atoms with van der Waals surface area (Å²) in [6.45, 7) is 0.129. The highest BCUT2D eigenvalue weighted by molar-refractivity contribution is 7.08. The topological polar surface area (TPSA) is 67.8 Å². The minimum absolute atomic E-state index is 0.129. The van der Waals surface area contributed by atoms with Gasteiger partial charge in [-0.2, -0.15) is 11.3 Å². The summed E-state index contributed by atoms with van der Waals surface area (Å²) < 4.78 is 10.3. The number of aliphatic hydroxyl groups excluding tert-OH is 1. The van der Waals surface area contributed by atoms with Crippen LogP contribution in [-0.2, 0) is 0 Å². The molecular weight excluding hydrogens is 290 g/mol. The van der Waals surface area contributed by atoms with Crippen molar-refractivity contribution in [3.63, 3.8) is 0 Å². The number of aliphatic hydroxyl groups is 1. The number of thiophene rings is 1. The zero-order valence-corrected chi connectivity index (χ0v) is 12.6. The Balaban J connectivity index is 2.00. The Hall–Kier alpha value is -2.05. The number of hydrogen-bond acceptors (Lipinski definition) is 5. The van der Waals surface area contributed by atoms with Gasteiger partial charge in [-0.1, -0.05) is 6.07 Å². The maximum Gasteiger partial charge on any atom is 0.252 e. The third kappa shape index (κ3) is 3.74. The second-order valence-electron chi connectivity index (χ2n) is 4.35. The van der Waals surface area contributed by atoms with Crippen LogP contribution in [0.4, 0.5) is 0 Å². The van der Waals surface area contributed by atoms with E-state index in [4.69, 9.17) is 9.47 Å². The number of methoxy groups -OCH3 is 2. The quantitative estimate of drug-likeness (QED) is 0.859. The van der Waals surface area contributed by atoms with E-state index in [1.807, 2.05) is 5.38 Å². The van der Waals surface area contributed by atoms with E-state index in [0.717, 1.165) is 0 Å². The van der Waals surface area contributed by atoms with Crippen LogP contribution in [-0.4, -0.2) is 31.8 Å². The molecule has 1 unspecified atom stereocenters. The summed E-state index contributed by atoms with van der Waals surface area (Å²) in [5, 5.41) is 16.4. The van der Waals surface area contributed by atoms with Gasteiger partial charge in [-0.3, -0.25) is 4.79 Å². The predicted octanol–water partition coefficient (Wildman–Crippen LogP) is 2.23. The second-order valence-corrected chi connectivity index (χ2v) is 5.13. The van der Waals surface area contributed by atoms with Crippen molar-refractivity contribution >= 4 is 17.2 Å². The maximum atomic E-state index is 11.8. The Morgan fingerprint density at radius 2 is 2.05 bits per heavy atom. The van der Waals surface area contributed by atoms with E-state index in [1.54, 1.807) is 36.8 Å². The molecule has 0 saturated heterocycles. The highest BCUT2D eigenvalue weighted by atomic mass is 32.1. The van der Waals surface area contributed by atoms with Gasteiger partial charge < -0.3 is 19.9 Å². The Bertz CT molecular complexity index is 598. The van der Waals surface area contributed by atoms with Gasteiger partial charge in [0.05, 0.1) is 20.3 Å². The van der Waals surface area contributed by atoms with Gasteiger partial charge >= 0.3 is 0 Å². The van der Waals surface area contributed by atoms with Crippen molar-refractivity contribution in [1.29, 1.82) is 0 Å². The predicted molar refractivity (Wildman–Crippen MR) is 81.2 cm³/mol. The molecule has 1 amide bonds. The van der Waals surface area contributed by atoms with Crippen molar-refractivity contribution in [2.45, 2.75) is 6.10 Å². The summed E-state index contributed by atoms with van der Waals surface area (Å²) in [7, 11) is 3.08. The summed E-state index contributed by atoms with van der Waals surface area (Å²) in [4.78, 5) is 11.8. The van der Waals surface area contributed by atoms with Gasteiger partial charge in [-0.05, 0) is 29.1 Å². The first-order valence-electron chi connectivity index (χ1n) is 6.36. The van der Waals surface area contributed by atoms with Crippen molar-refractivity contribution in [1.82, 2.24) is 5.32 Å². The van der Waals surface area contributed by atoms with Crippen LogP contribution in [0.2, 0.25) is 0 Å². The van der Waals surface area contributed by atoms with Gasteiger partial charge in [0.15, 0.2) is 11.5 Å². The lowest BCUT2D eigenvalue weighted by molar-refractivity contribution is 0.0916. The SMILES string of the molecule is COc1ccc(C(O)CNC(=O)c2ccsc2)cc1OC. The first kappa shape index (κ1) is 15.3. The molecular formula is C15H17NO4S. The Labute approximate surface area is 127 Å².